The number of likely N-dealkylation sites (tertiary alicyclic amines) is 1. The van der Waals surface area contributed by atoms with Gasteiger partial charge in [-0.25, -0.2) is 0 Å². The molecule has 3 heterocycles. The Morgan fingerprint density at radius 3 is 2.76 bits per heavy atom. The lowest BCUT2D eigenvalue weighted by atomic mass is 9.92. The van der Waals surface area contributed by atoms with Crippen molar-refractivity contribution in [2.75, 3.05) is 33.0 Å². The lowest BCUT2D eigenvalue weighted by molar-refractivity contribution is 0.166. The molecule has 0 N–H and O–H groups in total. The first-order valence-electron chi connectivity index (χ1n) is 9.21. The van der Waals surface area contributed by atoms with E-state index in [2.05, 4.69) is 41.3 Å². The van der Waals surface area contributed by atoms with Crippen LogP contribution < -0.4 is 14.2 Å². The number of hydrogen-bond acceptors (Lipinski definition) is 4. The van der Waals surface area contributed by atoms with E-state index >= 15 is 0 Å². The van der Waals surface area contributed by atoms with Crippen LogP contribution in [0.25, 0.3) is 0 Å². The van der Waals surface area contributed by atoms with Gasteiger partial charge in [0.25, 0.3) is 0 Å². The van der Waals surface area contributed by atoms with Gasteiger partial charge in [0.2, 0.25) is 12.5 Å². The summed E-state index contributed by atoms with van der Waals surface area (Å²) in [5, 5.41) is 0. The van der Waals surface area contributed by atoms with Gasteiger partial charge in [-0.2, -0.15) is 0 Å². The molecular weight excluding hydrogens is 314 g/mol. The van der Waals surface area contributed by atoms with Gasteiger partial charge in [0.1, 0.15) is 0 Å². The van der Waals surface area contributed by atoms with Crippen LogP contribution in [-0.4, -0.2) is 37.9 Å². The highest BCUT2D eigenvalue weighted by Gasteiger charge is 2.32. The highest BCUT2D eigenvalue weighted by molar-refractivity contribution is 5.58. The van der Waals surface area contributed by atoms with Crippen molar-refractivity contribution >= 4 is 0 Å². The van der Waals surface area contributed by atoms with Crippen LogP contribution in [0.15, 0.2) is 42.5 Å². The average molecular weight is 337 g/mol. The summed E-state index contributed by atoms with van der Waals surface area (Å²) in [5.41, 5.74) is 2.75. The fourth-order valence-corrected chi connectivity index (χ4v) is 4.39. The predicted molar refractivity (Wildman–Crippen MR) is 95.7 cm³/mol. The molecule has 0 bridgehead atoms. The lowest BCUT2D eigenvalue weighted by Crippen LogP contribution is -2.29. The van der Waals surface area contributed by atoms with E-state index in [1.54, 1.807) is 0 Å². The zero-order valence-corrected chi connectivity index (χ0v) is 14.3. The van der Waals surface area contributed by atoms with Gasteiger partial charge in [-0.15, -0.1) is 0 Å². The van der Waals surface area contributed by atoms with Gasteiger partial charge in [-0.05, 0) is 36.9 Å². The first-order valence-corrected chi connectivity index (χ1v) is 9.21. The molecule has 5 rings (SSSR count). The molecule has 2 atom stereocenters. The largest absolute Gasteiger partial charge is 0.489 e. The molecule has 4 heteroatoms. The fraction of sp³-hybridized carbons (Fsp3) is 0.429. The van der Waals surface area contributed by atoms with Crippen molar-refractivity contribution in [3.05, 3.63) is 53.6 Å². The molecule has 1 saturated heterocycles. The molecule has 0 aliphatic carbocycles. The van der Waals surface area contributed by atoms with Crippen LogP contribution in [0.2, 0.25) is 0 Å². The van der Waals surface area contributed by atoms with E-state index < -0.39 is 0 Å². The molecule has 130 valence electrons. The topological polar surface area (TPSA) is 30.9 Å². The molecule has 2 aromatic rings. The van der Waals surface area contributed by atoms with Crippen LogP contribution >= 0.6 is 0 Å². The van der Waals surface area contributed by atoms with Gasteiger partial charge < -0.3 is 19.1 Å². The van der Waals surface area contributed by atoms with E-state index in [0.29, 0.717) is 18.6 Å². The molecule has 1 fully saturated rings. The lowest BCUT2D eigenvalue weighted by Gasteiger charge is -2.30. The van der Waals surface area contributed by atoms with Gasteiger partial charge in [-0.1, -0.05) is 36.4 Å². The van der Waals surface area contributed by atoms with Crippen molar-refractivity contribution in [1.29, 1.82) is 0 Å². The van der Waals surface area contributed by atoms with Crippen molar-refractivity contribution in [2.24, 2.45) is 0 Å². The molecule has 3 aliphatic heterocycles. The van der Waals surface area contributed by atoms with E-state index in [9.17, 15) is 0 Å². The molecule has 4 nitrogen and oxygen atoms in total. The molecule has 0 aromatic heterocycles. The third-order valence-corrected chi connectivity index (χ3v) is 5.70. The van der Waals surface area contributed by atoms with Crippen LogP contribution in [0, 0.1) is 0 Å². The van der Waals surface area contributed by atoms with Crippen molar-refractivity contribution in [3.63, 3.8) is 0 Å². The van der Waals surface area contributed by atoms with Gasteiger partial charge in [0.05, 0.1) is 6.61 Å². The molecule has 2 aromatic carbocycles. The Morgan fingerprint density at radius 1 is 0.920 bits per heavy atom. The van der Waals surface area contributed by atoms with Crippen LogP contribution in [0.1, 0.15) is 35.8 Å². The maximum Gasteiger partial charge on any atom is 0.231 e. The summed E-state index contributed by atoms with van der Waals surface area (Å²) in [6.07, 6.45) is 2.32. The third kappa shape index (κ3) is 2.74. The zero-order chi connectivity index (χ0) is 16.6. The number of rotatable bonds is 3. The SMILES string of the molecule is c1ccc(C2CCN(CC3CCOc4c3ccc3c4OCO3)C2)cc1. The highest BCUT2D eigenvalue weighted by Crippen LogP contribution is 2.48. The normalized spacial score (nSPS) is 24.8. The summed E-state index contributed by atoms with van der Waals surface area (Å²) < 4.78 is 17.0. The van der Waals surface area contributed by atoms with Gasteiger partial charge in [0, 0.05) is 24.6 Å². The van der Waals surface area contributed by atoms with Crippen molar-refractivity contribution in [3.8, 4) is 17.2 Å². The third-order valence-electron chi connectivity index (χ3n) is 5.70. The van der Waals surface area contributed by atoms with Crippen LogP contribution in [0.5, 0.6) is 17.2 Å². The van der Waals surface area contributed by atoms with E-state index in [0.717, 1.165) is 43.4 Å². The average Bonchev–Trinajstić information content (AvgIpc) is 3.32. The minimum Gasteiger partial charge on any atom is -0.489 e. The van der Waals surface area contributed by atoms with E-state index in [1.807, 2.05) is 6.07 Å². The van der Waals surface area contributed by atoms with Gasteiger partial charge >= 0.3 is 0 Å². The van der Waals surface area contributed by atoms with Crippen molar-refractivity contribution in [2.45, 2.75) is 24.7 Å². The molecule has 25 heavy (non-hydrogen) atoms. The second-order valence-electron chi connectivity index (χ2n) is 7.21. The number of hydrogen-bond donors (Lipinski definition) is 0. The van der Waals surface area contributed by atoms with E-state index in [4.69, 9.17) is 14.2 Å². The fourth-order valence-electron chi connectivity index (χ4n) is 4.39. The predicted octanol–water partition coefficient (Wildman–Crippen LogP) is 3.77. The van der Waals surface area contributed by atoms with Crippen molar-refractivity contribution < 1.29 is 14.2 Å². The Labute approximate surface area is 148 Å². The summed E-state index contributed by atoms with van der Waals surface area (Å²) >= 11 is 0. The molecule has 0 amide bonds. The van der Waals surface area contributed by atoms with Gasteiger partial charge in [-0.3, -0.25) is 0 Å². The standard InChI is InChI=1S/C21H23NO3/c1-2-4-15(5-3-1)16-8-10-22(12-16)13-17-9-11-23-20-18(17)6-7-19-21(20)25-14-24-19/h1-7,16-17H,8-14H2. The second-order valence-corrected chi connectivity index (χ2v) is 7.21. The summed E-state index contributed by atoms with van der Waals surface area (Å²) in [5.74, 6) is 3.69. The Bertz CT molecular complexity index is 761. The first kappa shape index (κ1) is 15.1. The van der Waals surface area contributed by atoms with Gasteiger partial charge in [0.15, 0.2) is 11.5 Å². The molecule has 3 aliphatic rings. The second kappa shape index (κ2) is 6.26. The summed E-state index contributed by atoms with van der Waals surface area (Å²) in [6, 6.07) is 15.1. The maximum atomic E-state index is 5.93. The van der Waals surface area contributed by atoms with E-state index in [1.165, 1.54) is 24.1 Å². The summed E-state index contributed by atoms with van der Waals surface area (Å²) in [4.78, 5) is 2.61. The molecule has 0 saturated carbocycles. The minimum absolute atomic E-state index is 0.296. The Morgan fingerprint density at radius 2 is 1.84 bits per heavy atom. The number of ether oxygens (including phenoxy) is 3. The minimum atomic E-state index is 0.296. The maximum absolute atomic E-state index is 5.93. The molecule has 0 spiro atoms. The van der Waals surface area contributed by atoms with Crippen LogP contribution in [0.3, 0.4) is 0 Å². The smallest absolute Gasteiger partial charge is 0.231 e. The van der Waals surface area contributed by atoms with Crippen LogP contribution in [0.4, 0.5) is 0 Å². The Kier molecular flexibility index (Phi) is 3.78. The Hall–Kier alpha value is -2.20. The van der Waals surface area contributed by atoms with Crippen LogP contribution in [-0.2, 0) is 0 Å². The van der Waals surface area contributed by atoms with Crippen molar-refractivity contribution in [1.82, 2.24) is 4.90 Å². The number of nitrogens with zero attached hydrogens (tertiary/aromatic N) is 1. The first-order chi connectivity index (χ1) is 12.4. The number of fused-ring (bicyclic) bond motifs is 3. The molecule has 2 unspecified atom stereocenters. The monoisotopic (exact) mass is 337 g/mol. The summed E-state index contributed by atoms with van der Waals surface area (Å²) in [6.45, 7) is 4.48. The van der Waals surface area contributed by atoms with E-state index in [-0.39, 0.29) is 0 Å². The molecule has 0 radical (unpaired) electrons. The molecular formula is C21H23NO3. The summed E-state index contributed by atoms with van der Waals surface area (Å²) in [7, 11) is 0. The number of benzene rings is 2. The zero-order valence-electron chi connectivity index (χ0n) is 14.3. The highest BCUT2D eigenvalue weighted by atomic mass is 16.7. The quantitative estimate of drug-likeness (QED) is 0.853. The Balaban J connectivity index is 1.32.